The van der Waals surface area contributed by atoms with Crippen molar-refractivity contribution in [2.75, 3.05) is 21.3 Å². The van der Waals surface area contributed by atoms with Crippen molar-refractivity contribution in [1.82, 2.24) is 5.32 Å². The fraction of sp³-hybridized carbons (Fsp3) is 0.250. The van der Waals surface area contributed by atoms with Crippen LogP contribution in [0.5, 0.6) is 11.5 Å². The summed E-state index contributed by atoms with van der Waals surface area (Å²) in [5.41, 5.74) is 1.90. The number of nitrogens with one attached hydrogen (secondary N) is 1. The summed E-state index contributed by atoms with van der Waals surface area (Å²) in [7, 11) is 5.15. The first-order valence-corrected chi connectivity index (χ1v) is 7.21. The number of rotatable bonds is 5. The standard InChI is InChI=1S/C16H17Cl2NO2/c1-19-16(10-7-8-11(17)12(18)9-10)15-13(20-2)5-4-6-14(15)21-3/h4-9,16,19H,1-3H3. The van der Waals surface area contributed by atoms with Crippen LogP contribution in [0.1, 0.15) is 17.2 Å². The summed E-state index contributed by atoms with van der Waals surface area (Å²) in [5, 5.41) is 4.32. The van der Waals surface area contributed by atoms with Crippen LogP contribution in [0.3, 0.4) is 0 Å². The molecule has 0 heterocycles. The summed E-state index contributed by atoms with van der Waals surface area (Å²) >= 11 is 12.1. The molecule has 2 aromatic rings. The Morgan fingerprint density at radius 2 is 1.57 bits per heavy atom. The molecule has 5 heteroatoms. The Bertz CT molecular complexity index is 609. The van der Waals surface area contributed by atoms with Gasteiger partial charge in [0.2, 0.25) is 0 Å². The summed E-state index contributed by atoms with van der Waals surface area (Å²) in [4.78, 5) is 0. The van der Waals surface area contributed by atoms with Crippen molar-refractivity contribution in [3.05, 3.63) is 57.6 Å². The molecule has 0 amide bonds. The normalized spacial score (nSPS) is 12.0. The van der Waals surface area contributed by atoms with Gasteiger partial charge in [-0.3, -0.25) is 0 Å². The Balaban J connectivity index is 2.57. The van der Waals surface area contributed by atoms with E-state index in [0.29, 0.717) is 10.0 Å². The number of ether oxygens (including phenoxy) is 2. The van der Waals surface area contributed by atoms with Crippen molar-refractivity contribution < 1.29 is 9.47 Å². The summed E-state index contributed by atoms with van der Waals surface area (Å²) in [5.74, 6) is 1.50. The highest BCUT2D eigenvalue weighted by Crippen LogP contribution is 2.38. The van der Waals surface area contributed by atoms with Gasteiger partial charge in [0, 0.05) is 0 Å². The molecule has 0 spiro atoms. The van der Waals surface area contributed by atoms with Crippen LogP contribution in [0, 0.1) is 0 Å². The smallest absolute Gasteiger partial charge is 0.127 e. The van der Waals surface area contributed by atoms with Gasteiger partial charge in [-0.1, -0.05) is 35.3 Å². The highest BCUT2D eigenvalue weighted by Gasteiger charge is 2.21. The Morgan fingerprint density at radius 1 is 0.952 bits per heavy atom. The van der Waals surface area contributed by atoms with Crippen molar-refractivity contribution in [3.8, 4) is 11.5 Å². The van der Waals surface area contributed by atoms with Crippen LogP contribution >= 0.6 is 23.2 Å². The van der Waals surface area contributed by atoms with Gasteiger partial charge in [0.25, 0.3) is 0 Å². The first-order valence-electron chi connectivity index (χ1n) is 6.45. The first-order chi connectivity index (χ1) is 10.1. The molecule has 3 nitrogen and oxygen atoms in total. The van der Waals surface area contributed by atoms with Gasteiger partial charge >= 0.3 is 0 Å². The molecule has 0 bridgehead atoms. The van der Waals surface area contributed by atoms with Gasteiger partial charge in [-0.25, -0.2) is 0 Å². The maximum absolute atomic E-state index is 6.13. The lowest BCUT2D eigenvalue weighted by atomic mass is 9.97. The average molecular weight is 326 g/mol. The van der Waals surface area contributed by atoms with E-state index in [-0.39, 0.29) is 6.04 Å². The van der Waals surface area contributed by atoms with Gasteiger partial charge in [0.05, 0.1) is 35.9 Å². The molecule has 0 fully saturated rings. The van der Waals surface area contributed by atoms with E-state index in [4.69, 9.17) is 32.7 Å². The molecule has 0 aliphatic heterocycles. The molecule has 0 saturated carbocycles. The largest absolute Gasteiger partial charge is 0.496 e. The number of hydrogen-bond acceptors (Lipinski definition) is 3. The number of halogens is 2. The van der Waals surface area contributed by atoms with Crippen molar-refractivity contribution in [2.24, 2.45) is 0 Å². The van der Waals surface area contributed by atoms with Crippen LogP contribution in [0.4, 0.5) is 0 Å². The zero-order chi connectivity index (χ0) is 15.4. The van der Waals surface area contributed by atoms with Gasteiger partial charge in [-0.05, 0) is 36.9 Å². The SMILES string of the molecule is CNC(c1ccc(Cl)c(Cl)c1)c1c(OC)cccc1OC. The number of benzene rings is 2. The van der Waals surface area contributed by atoms with Crippen molar-refractivity contribution >= 4 is 23.2 Å². The highest BCUT2D eigenvalue weighted by molar-refractivity contribution is 6.42. The van der Waals surface area contributed by atoms with Crippen molar-refractivity contribution in [1.29, 1.82) is 0 Å². The maximum atomic E-state index is 6.13. The molecule has 21 heavy (non-hydrogen) atoms. The van der Waals surface area contributed by atoms with Crippen LogP contribution < -0.4 is 14.8 Å². The van der Waals surface area contributed by atoms with Gasteiger partial charge < -0.3 is 14.8 Å². The van der Waals surface area contributed by atoms with E-state index in [1.807, 2.05) is 37.4 Å². The minimum atomic E-state index is -0.120. The van der Waals surface area contributed by atoms with E-state index in [1.165, 1.54) is 0 Å². The fourth-order valence-corrected chi connectivity index (χ4v) is 2.64. The summed E-state index contributed by atoms with van der Waals surface area (Å²) in [6.07, 6.45) is 0. The second-order valence-electron chi connectivity index (χ2n) is 4.47. The second-order valence-corrected chi connectivity index (χ2v) is 5.29. The predicted molar refractivity (Wildman–Crippen MR) is 86.9 cm³/mol. The van der Waals surface area contributed by atoms with Gasteiger partial charge in [0.1, 0.15) is 11.5 Å². The van der Waals surface area contributed by atoms with E-state index in [0.717, 1.165) is 22.6 Å². The predicted octanol–water partition coefficient (Wildman–Crippen LogP) is 4.32. The minimum Gasteiger partial charge on any atom is -0.496 e. The molecule has 0 aliphatic carbocycles. The number of methoxy groups -OCH3 is 2. The molecule has 0 radical (unpaired) electrons. The topological polar surface area (TPSA) is 30.5 Å². The Morgan fingerprint density at radius 3 is 2.05 bits per heavy atom. The Labute approximate surface area is 134 Å². The van der Waals surface area contributed by atoms with E-state index >= 15 is 0 Å². The van der Waals surface area contributed by atoms with Crippen molar-refractivity contribution in [2.45, 2.75) is 6.04 Å². The van der Waals surface area contributed by atoms with Gasteiger partial charge in [0.15, 0.2) is 0 Å². The second kappa shape index (κ2) is 7.03. The average Bonchev–Trinajstić information content (AvgIpc) is 2.51. The molecule has 2 rings (SSSR count). The molecule has 1 unspecified atom stereocenters. The Hall–Kier alpha value is -1.42. The molecule has 1 atom stereocenters. The molecule has 0 saturated heterocycles. The number of hydrogen-bond donors (Lipinski definition) is 1. The molecule has 0 aromatic heterocycles. The van der Waals surface area contributed by atoms with E-state index in [9.17, 15) is 0 Å². The van der Waals surface area contributed by atoms with E-state index in [1.54, 1.807) is 20.3 Å². The van der Waals surface area contributed by atoms with Gasteiger partial charge in [-0.2, -0.15) is 0 Å². The molecule has 1 N–H and O–H groups in total. The van der Waals surface area contributed by atoms with Crippen LogP contribution in [0.25, 0.3) is 0 Å². The molecular formula is C16H17Cl2NO2. The van der Waals surface area contributed by atoms with E-state index in [2.05, 4.69) is 5.32 Å². The molecule has 2 aromatic carbocycles. The third-order valence-corrected chi connectivity index (χ3v) is 4.06. The molecular weight excluding hydrogens is 309 g/mol. The van der Waals surface area contributed by atoms with Crippen molar-refractivity contribution in [3.63, 3.8) is 0 Å². The zero-order valence-electron chi connectivity index (χ0n) is 12.1. The highest BCUT2D eigenvalue weighted by atomic mass is 35.5. The monoisotopic (exact) mass is 325 g/mol. The quantitative estimate of drug-likeness (QED) is 0.888. The molecule has 112 valence electrons. The summed E-state index contributed by atoms with van der Waals surface area (Å²) in [6.45, 7) is 0. The summed E-state index contributed by atoms with van der Waals surface area (Å²) in [6, 6.07) is 11.1. The van der Waals surface area contributed by atoms with Crippen LogP contribution in [-0.2, 0) is 0 Å². The zero-order valence-corrected chi connectivity index (χ0v) is 13.6. The Kier molecular flexibility index (Phi) is 5.34. The minimum absolute atomic E-state index is 0.120. The third kappa shape index (κ3) is 3.26. The van der Waals surface area contributed by atoms with Crippen LogP contribution in [-0.4, -0.2) is 21.3 Å². The van der Waals surface area contributed by atoms with E-state index < -0.39 is 0 Å². The van der Waals surface area contributed by atoms with Crippen LogP contribution in [0.2, 0.25) is 10.0 Å². The lowest BCUT2D eigenvalue weighted by Crippen LogP contribution is -2.19. The maximum Gasteiger partial charge on any atom is 0.127 e. The van der Waals surface area contributed by atoms with Gasteiger partial charge in [-0.15, -0.1) is 0 Å². The summed E-state index contributed by atoms with van der Waals surface area (Å²) < 4.78 is 10.9. The third-order valence-electron chi connectivity index (χ3n) is 3.32. The molecule has 0 aliphatic rings. The first kappa shape index (κ1) is 16.0. The lowest BCUT2D eigenvalue weighted by molar-refractivity contribution is 0.379. The van der Waals surface area contributed by atoms with Crippen LogP contribution in [0.15, 0.2) is 36.4 Å². The lowest BCUT2D eigenvalue weighted by Gasteiger charge is -2.22. The fourth-order valence-electron chi connectivity index (χ4n) is 2.33.